The summed E-state index contributed by atoms with van der Waals surface area (Å²) in [6.45, 7) is 7.54. The molecule has 0 bridgehead atoms. The van der Waals surface area contributed by atoms with E-state index in [4.69, 9.17) is 4.74 Å². The Balaban J connectivity index is 1.92. The summed E-state index contributed by atoms with van der Waals surface area (Å²) < 4.78 is 7.56. The van der Waals surface area contributed by atoms with Crippen molar-refractivity contribution in [2.24, 2.45) is 0 Å². The van der Waals surface area contributed by atoms with Crippen LogP contribution < -0.4 is 0 Å². The van der Waals surface area contributed by atoms with Gasteiger partial charge in [0.25, 0.3) is 11.8 Å². The lowest BCUT2D eigenvalue weighted by molar-refractivity contribution is -0.139. The molecule has 136 valence electrons. The lowest BCUT2D eigenvalue weighted by Crippen LogP contribution is -2.32. The fourth-order valence-corrected chi connectivity index (χ4v) is 3.15. The average molecular weight is 354 g/mol. The fraction of sp³-hybridized carbons (Fsp3) is 0.350. The van der Waals surface area contributed by atoms with Crippen molar-refractivity contribution in [2.45, 2.75) is 46.1 Å². The first-order valence-electron chi connectivity index (χ1n) is 8.48. The van der Waals surface area contributed by atoms with E-state index in [-0.39, 0.29) is 18.4 Å². The van der Waals surface area contributed by atoms with Crippen LogP contribution in [0.5, 0.6) is 0 Å². The maximum absolute atomic E-state index is 12.6. The molecule has 1 aromatic carbocycles. The zero-order chi connectivity index (χ0) is 19.1. The summed E-state index contributed by atoms with van der Waals surface area (Å²) in [6, 6.07) is 10.4. The Labute approximate surface area is 152 Å². The van der Waals surface area contributed by atoms with E-state index < -0.39 is 11.8 Å². The van der Waals surface area contributed by atoms with Gasteiger partial charge in [0.05, 0.1) is 23.3 Å². The maximum atomic E-state index is 12.6. The molecule has 1 aliphatic rings. The minimum absolute atomic E-state index is 0.0814. The number of hydrogen-bond donors (Lipinski definition) is 0. The Kier molecular flexibility index (Phi) is 4.54. The molecule has 1 unspecified atom stereocenters. The lowest BCUT2D eigenvalue weighted by Gasteiger charge is -2.28. The van der Waals surface area contributed by atoms with E-state index in [9.17, 15) is 14.4 Å². The van der Waals surface area contributed by atoms with Crippen molar-refractivity contribution in [1.82, 2.24) is 9.47 Å². The average Bonchev–Trinajstić information content (AvgIpc) is 3.06. The summed E-state index contributed by atoms with van der Waals surface area (Å²) in [7, 11) is 0. The van der Waals surface area contributed by atoms with Gasteiger partial charge in [0.1, 0.15) is 0 Å². The number of benzene rings is 1. The van der Waals surface area contributed by atoms with E-state index in [0.29, 0.717) is 16.8 Å². The van der Waals surface area contributed by atoms with Crippen molar-refractivity contribution < 1.29 is 19.1 Å². The monoisotopic (exact) mass is 354 g/mol. The molecule has 1 aliphatic heterocycles. The first-order valence-corrected chi connectivity index (χ1v) is 8.48. The van der Waals surface area contributed by atoms with Gasteiger partial charge in [-0.15, -0.1) is 0 Å². The van der Waals surface area contributed by atoms with E-state index in [2.05, 4.69) is 0 Å². The second-order valence-corrected chi connectivity index (χ2v) is 7.33. The van der Waals surface area contributed by atoms with Crippen molar-refractivity contribution in [3.05, 3.63) is 58.9 Å². The summed E-state index contributed by atoms with van der Waals surface area (Å²) >= 11 is 0. The Hall–Kier alpha value is -2.73. The Bertz CT molecular complexity index is 841. The topological polar surface area (TPSA) is 68.6 Å². The normalized spacial score (nSPS) is 15.3. The minimum atomic E-state index is -0.824. The largest absolute Gasteiger partial charge is 0.345 e. The number of ether oxygens (including phenoxy) is 1. The summed E-state index contributed by atoms with van der Waals surface area (Å²) in [5.74, 6) is -0.647. The predicted octanol–water partition coefficient (Wildman–Crippen LogP) is 3.11. The van der Waals surface area contributed by atoms with Crippen LogP contribution in [0.25, 0.3) is 0 Å². The van der Waals surface area contributed by atoms with Gasteiger partial charge in [0.15, 0.2) is 12.5 Å². The molecule has 2 aromatic rings. The molecule has 0 spiro atoms. The van der Waals surface area contributed by atoms with E-state index in [1.807, 2.05) is 33.8 Å². The Morgan fingerprint density at radius 1 is 1.04 bits per heavy atom. The summed E-state index contributed by atoms with van der Waals surface area (Å²) in [4.78, 5) is 38.0. The molecule has 3 rings (SSSR count). The predicted molar refractivity (Wildman–Crippen MR) is 95.8 cm³/mol. The number of nitrogens with zero attached hydrogens (tertiary/aromatic N) is 2. The number of aldehydes is 1. The van der Waals surface area contributed by atoms with Gasteiger partial charge in [-0.2, -0.15) is 0 Å². The summed E-state index contributed by atoms with van der Waals surface area (Å²) in [5.41, 5.74) is 1.78. The van der Waals surface area contributed by atoms with E-state index >= 15 is 0 Å². The highest BCUT2D eigenvalue weighted by atomic mass is 16.5. The van der Waals surface area contributed by atoms with Crippen molar-refractivity contribution in [3.8, 4) is 0 Å². The first kappa shape index (κ1) is 18.1. The van der Waals surface area contributed by atoms with Crippen LogP contribution in [-0.2, 0) is 16.1 Å². The second kappa shape index (κ2) is 6.53. The highest BCUT2D eigenvalue weighted by Crippen LogP contribution is 2.27. The van der Waals surface area contributed by atoms with Gasteiger partial charge in [0.2, 0.25) is 0 Å². The number of fused-ring (bicyclic) bond motifs is 1. The first-order chi connectivity index (χ1) is 12.2. The zero-order valence-electron chi connectivity index (χ0n) is 15.4. The number of amides is 2. The third-order valence-corrected chi connectivity index (χ3v) is 4.25. The molecule has 6 nitrogen and oxygen atoms in total. The Morgan fingerprint density at radius 3 is 2.12 bits per heavy atom. The van der Waals surface area contributed by atoms with Crippen LogP contribution in [0.2, 0.25) is 0 Å². The van der Waals surface area contributed by atoms with E-state index in [0.717, 1.165) is 12.0 Å². The van der Waals surface area contributed by atoms with E-state index in [1.54, 1.807) is 34.9 Å². The van der Waals surface area contributed by atoms with Crippen molar-refractivity contribution in [2.75, 3.05) is 0 Å². The molecule has 1 aromatic heterocycles. The summed E-state index contributed by atoms with van der Waals surface area (Å²) in [5, 5.41) is 0. The Morgan fingerprint density at radius 2 is 1.62 bits per heavy atom. The molecular weight excluding hydrogens is 332 g/mol. The number of aromatic nitrogens is 1. The standard InChI is InChI=1S/C20H22N2O4/c1-13-9-10-14(22(13)17(12-23)26-20(2,3)4)11-21-18(24)15-7-5-6-8-16(15)19(21)25/h5-10,12,17H,11H2,1-4H3. The van der Waals surface area contributed by atoms with Crippen LogP contribution in [0.3, 0.4) is 0 Å². The summed E-state index contributed by atoms with van der Waals surface area (Å²) in [6.07, 6.45) is -0.0976. The van der Waals surface area contributed by atoms with Crippen LogP contribution in [0, 0.1) is 6.92 Å². The molecule has 26 heavy (non-hydrogen) atoms. The molecule has 0 saturated heterocycles. The third-order valence-electron chi connectivity index (χ3n) is 4.25. The van der Waals surface area contributed by atoms with Crippen LogP contribution in [0.15, 0.2) is 36.4 Å². The van der Waals surface area contributed by atoms with Gasteiger partial charge in [-0.1, -0.05) is 12.1 Å². The molecule has 0 radical (unpaired) electrons. The van der Waals surface area contributed by atoms with Crippen molar-refractivity contribution in [3.63, 3.8) is 0 Å². The van der Waals surface area contributed by atoms with Crippen LogP contribution in [-0.4, -0.2) is 33.2 Å². The number of aryl methyl sites for hydroxylation is 1. The molecule has 6 heteroatoms. The molecule has 0 N–H and O–H groups in total. The van der Waals surface area contributed by atoms with Gasteiger partial charge >= 0.3 is 0 Å². The molecule has 0 aliphatic carbocycles. The van der Waals surface area contributed by atoms with Crippen LogP contribution >= 0.6 is 0 Å². The van der Waals surface area contributed by atoms with Gasteiger partial charge < -0.3 is 9.30 Å². The van der Waals surface area contributed by atoms with Crippen molar-refractivity contribution in [1.29, 1.82) is 0 Å². The molecular formula is C20H22N2O4. The second-order valence-electron chi connectivity index (χ2n) is 7.33. The lowest BCUT2D eigenvalue weighted by atomic mass is 10.1. The molecule has 0 fully saturated rings. The maximum Gasteiger partial charge on any atom is 0.261 e. The van der Waals surface area contributed by atoms with Gasteiger partial charge in [-0.3, -0.25) is 19.3 Å². The number of imide groups is 1. The SMILES string of the molecule is Cc1ccc(CN2C(=O)c3ccccc3C2=O)n1C(C=O)OC(C)(C)C. The zero-order valence-corrected chi connectivity index (χ0v) is 15.4. The number of carbonyl (C=O) groups excluding carboxylic acids is 3. The number of hydrogen-bond acceptors (Lipinski definition) is 4. The van der Waals surface area contributed by atoms with Crippen molar-refractivity contribution >= 4 is 18.1 Å². The third kappa shape index (κ3) is 3.20. The molecule has 2 amide bonds. The van der Waals surface area contributed by atoms with Crippen LogP contribution in [0.4, 0.5) is 0 Å². The van der Waals surface area contributed by atoms with E-state index in [1.165, 1.54) is 4.90 Å². The van der Waals surface area contributed by atoms with Gasteiger partial charge in [-0.25, -0.2) is 0 Å². The molecule has 2 heterocycles. The quantitative estimate of drug-likeness (QED) is 0.611. The minimum Gasteiger partial charge on any atom is -0.345 e. The smallest absolute Gasteiger partial charge is 0.261 e. The molecule has 1 atom stereocenters. The number of carbonyl (C=O) groups is 3. The highest BCUT2D eigenvalue weighted by Gasteiger charge is 2.36. The highest BCUT2D eigenvalue weighted by molar-refractivity contribution is 6.21. The van der Waals surface area contributed by atoms with Crippen LogP contribution in [0.1, 0.15) is 59.1 Å². The molecule has 0 saturated carbocycles. The van der Waals surface area contributed by atoms with Gasteiger partial charge in [-0.05, 0) is 52.0 Å². The fourth-order valence-electron chi connectivity index (χ4n) is 3.15. The number of rotatable bonds is 5. The van der Waals surface area contributed by atoms with Gasteiger partial charge in [0, 0.05) is 11.4 Å².